The Labute approximate surface area is 198 Å². The molecular formula is C21H27F3N2O5S2. The summed E-state index contributed by atoms with van der Waals surface area (Å²) in [6.07, 6.45) is -1.03. The van der Waals surface area contributed by atoms with Gasteiger partial charge >= 0.3 is 18.2 Å². The SMILES string of the molecule is CC1OC(=O)N(CCSc2nc(C(=O)O)cs2)C1C=CC(O)C1(CCCC(F)(F)F)CCC1. The number of rotatable bonds is 11. The van der Waals surface area contributed by atoms with Gasteiger partial charge in [0.2, 0.25) is 0 Å². The Bertz CT molecular complexity index is 872. The molecule has 0 aromatic carbocycles. The van der Waals surface area contributed by atoms with E-state index in [1.807, 2.05) is 0 Å². The van der Waals surface area contributed by atoms with Crippen LogP contribution in [0.5, 0.6) is 0 Å². The molecule has 0 spiro atoms. The number of cyclic esters (lactones) is 1. The van der Waals surface area contributed by atoms with Crippen LogP contribution in [0.1, 0.15) is 55.9 Å². The zero-order chi connectivity index (χ0) is 24.2. The lowest BCUT2D eigenvalue weighted by molar-refractivity contribution is -0.139. The Morgan fingerprint density at radius 2 is 2.21 bits per heavy atom. The van der Waals surface area contributed by atoms with Crippen molar-refractivity contribution in [3.05, 3.63) is 23.2 Å². The molecule has 3 rings (SSSR count). The van der Waals surface area contributed by atoms with Gasteiger partial charge in [-0.05, 0) is 38.0 Å². The highest BCUT2D eigenvalue weighted by Crippen LogP contribution is 2.49. The average molecular weight is 509 g/mol. The van der Waals surface area contributed by atoms with Gasteiger partial charge in [0.25, 0.3) is 0 Å². The summed E-state index contributed by atoms with van der Waals surface area (Å²) < 4.78 is 43.5. The van der Waals surface area contributed by atoms with Crippen LogP contribution in [0, 0.1) is 5.41 Å². The predicted molar refractivity (Wildman–Crippen MR) is 118 cm³/mol. The first-order valence-electron chi connectivity index (χ1n) is 10.7. The summed E-state index contributed by atoms with van der Waals surface area (Å²) in [5, 5.41) is 21.2. The number of nitrogens with zero attached hydrogens (tertiary/aromatic N) is 2. The summed E-state index contributed by atoms with van der Waals surface area (Å²) in [5.41, 5.74) is -0.561. The third-order valence-corrected chi connectivity index (χ3v) is 8.23. The van der Waals surface area contributed by atoms with Gasteiger partial charge in [0.1, 0.15) is 6.10 Å². The molecule has 3 unspecified atom stereocenters. The largest absolute Gasteiger partial charge is 0.476 e. The monoisotopic (exact) mass is 508 g/mol. The number of hydrogen-bond acceptors (Lipinski definition) is 7. The summed E-state index contributed by atoms with van der Waals surface area (Å²) in [6, 6.07) is -0.411. The van der Waals surface area contributed by atoms with Crippen LogP contribution in [-0.4, -0.2) is 68.9 Å². The number of thioether (sulfide) groups is 1. The van der Waals surface area contributed by atoms with Crippen molar-refractivity contribution < 1.29 is 37.7 Å². The van der Waals surface area contributed by atoms with E-state index >= 15 is 0 Å². The minimum absolute atomic E-state index is 0.0144. The number of carboxylic acid groups (broad SMARTS) is 1. The quantitative estimate of drug-likeness (QED) is 0.322. The third-order valence-electron chi connectivity index (χ3n) is 6.22. The van der Waals surface area contributed by atoms with Crippen LogP contribution >= 0.6 is 23.1 Å². The number of ether oxygens (including phenoxy) is 1. The number of aliphatic hydroxyl groups excluding tert-OH is 1. The Balaban J connectivity index is 1.56. The van der Waals surface area contributed by atoms with E-state index in [0.29, 0.717) is 35.9 Å². The number of alkyl halides is 3. The van der Waals surface area contributed by atoms with Crippen LogP contribution in [-0.2, 0) is 4.74 Å². The number of carbonyl (C=O) groups is 2. The number of aromatic nitrogens is 1. The van der Waals surface area contributed by atoms with Gasteiger partial charge in [-0.2, -0.15) is 13.2 Å². The lowest BCUT2D eigenvalue weighted by Crippen LogP contribution is -2.41. The van der Waals surface area contributed by atoms with Crippen molar-refractivity contribution in [2.24, 2.45) is 5.41 Å². The van der Waals surface area contributed by atoms with Gasteiger partial charge in [-0.25, -0.2) is 14.6 Å². The Hall–Kier alpha value is -1.79. The van der Waals surface area contributed by atoms with Crippen LogP contribution in [0.15, 0.2) is 21.9 Å². The third kappa shape index (κ3) is 6.63. The summed E-state index contributed by atoms with van der Waals surface area (Å²) in [6.45, 7) is 2.08. The average Bonchev–Trinajstić information content (AvgIpc) is 3.26. The van der Waals surface area contributed by atoms with Gasteiger partial charge < -0.3 is 14.9 Å². The highest BCUT2D eigenvalue weighted by molar-refractivity contribution is 8.01. The molecule has 1 amide bonds. The molecule has 3 atom stereocenters. The highest BCUT2D eigenvalue weighted by Gasteiger charge is 2.43. The highest BCUT2D eigenvalue weighted by atomic mass is 32.2. The number of halogens is 3. The smallest absolute Gasteiger partial charge is 0.410 e. The lowest BCUT2D eigenvalue weighted by atomic mass is 9.62. The zero-order valence-electron chi connectivity index (χ0n) is 18.1. The molecule has 7 nitrogen and oxygen atoms in total. The normalized spacial score (nSPS) is 23.5. The topological polar surface area (TPSA) is 100.0 Å². The number of carbonyl (C=O) groups excluding carboxylic acids is 1. The maximum Gasteiger partial charge on any atom is 0.410 e. The van der Waals surface area contributed by atoms with Gasteiger partial charge in [-0.3, -0.25) is 4.90 Å². The van der Waals surface area contributed by atoms with Crippen LogP contribution < -0.4 is 0 Å². The number of aliphatic hydroxyl groups is 1. The van der Waals surface area contributed by atoms with E-state index in [9.17, 15) is 27.9 Å². The minimum Gasteiger partial charge on any atom is -0.476 e. The second-order valence-electron chi connectivity index (χ2n) is 8.44. The summed E-state index contributed by atoms with van der Waals surface area (Å²) in [5.74, 6) is -0.621. The number of carboxylic acids is 1. The zero-order valence-corrected chi connectivity index (χ0v) is 19.7. The number of amides is 1. The van der Waals surface area contributed by atoms with Crippen molar-refractivity contribution in [1.82, 2.24) is 9.88 Å². The van der Waals surface area contributed by atoms with E-state index in [0.717, 1.165) is 6.42 Å². The number of aromatic carboxylic acids is 1. The maximum atomic E-state index is 12.5. The fourth-order valence-electron chi connectivity index (χ4n) is 4.21. The Morgan fingerprint density at radius 1 is 1.48 bits per heavy atom. The molecule has 1 saturated heterocycles. The van der Waals surface area contributed by atoms with Crippen molar-refractivity contribution in [3.8, 4) is 0 Å². The summed E-state index contributed by atoms with van der Waals surface area (Å²) in [4.78, 5) is 28.7. The molecule has 184 valence electrons. The molecule has 1 aliphatic heterocycles. The van der Waals surface area contributed by atoms with Crippen LogP contribution in [0.2, 0.25) is 0 Å². The van der Waals surface area contributed by atoms with Crippen LogP contribution in [0.3, 0.4) is 0 Å². The molecule has 1 aliphatic carbocycles. The first-order chi connectivity index (χ1) is 15.5. The molecule has 0 radical (unpaired) electrons. The summed E-state index contributed by atoms with van der Waals surface area (Å²) >= 11 is 2.55. The van der Waals surface area contributed by atoms with Gasteiger partial charge in [-0.15, -0.1) is 11.3 Å². The minimum atomic E-state index is -4.20. The fraction of sp³-hybridized carbons (Fsp3) is 0.667. The second-order valence-corrected chi connectivity index (χ2v) is 10.6. The van der Waals surface area contributed by atoms with Crippen LogP contribution in [0.4, 0.5) is 18.0 Å². The molecule has 2 N–H and O–H groups in total. The van der Waals surface area contributed by atoms with Crippen molar-refractivity contribution in [2.75, 3.05) is 12.3 Å². The van der Waals surface area contributed by atoms with E-state index < -0.39 is 48.3 Å². The predicted octanol–water partition coefficient (Wildman–Crippen LogP) is 4.96. The second kappa shape index (κ2) is 10.6. The maximum absolute atomic E-state index is 12.5. The molecule has 2 aliphatic rings. The first-order valence-corrected chi connectivity index (χ1v) is 12.6. The van der Waals surface area contributed by atoms with Gasteiger partial charge in [0.15, 0.2) is 10.0 Å². The van der Waals surface area contributed by atoms with Gasteiger partial charge in [0.05, 0.1) is 12.1 Å². The molecule has 0 bridgehead atoms. The van der Waals surface area contributed by atoms with E-state index in [1.54, 1.807) is 19.1 Å². The van der Waals surface area contributed by atoms with Gasteiger partial charge in [-0.1, -0.05) is 30.3 Å². The molecule has 33 heavy (non-hydrogen) atoms. The Morgan fingerprint density at radius 3 is 2.79 bits per heavy atom. The van der Waals surface area contributed by atoms with Crippen molar-refractivity contribution in [3.63, 3.8) is 0 Å². The van der Waals surface area contributed by atoms with E-state index in [4.69, 9.17) is 9.84 Å². The molecule has 12 heteroatoms. The van der Waals surface area contributed by atoms with E-state index in [1.165, 1.54) is 33.4 Å². The molecule has 2 heterocycles. The number of thiazole rings is 1. The molecule has 1 saturated carbocycles. The lowest BCUT2D eigenvalue weighted by Gasteiger charge is -2.45. The van der Waals surface area contributed by atoms with Crippen molar-refractivity contribution in [2.45, 2.75) is 74.2 Å². The van der Waals surface area contributed by atoms with E-state index in [-0.39, 0.29) is 12.1 Å². The van der Waals surface area contributed by atoms with E-state index in [2.05, 4.69) is 4.98 Å². The van der Waals surface area contributed by atoms with Crippen molar-refractivity contribution in [1.29, 1.82) is 0 Å². The molecule has 2 fully saturated rings. The molecule has 1 aromatic rings. The molecule has 1 aromatic heterocycles. The summed E-state index contributed by atoms with van der Waals surface area (Å²) in [7, 11) is 0. The standard InChI is InChI=1S/C21H27F3N2O5S2/c1-13-15(4-5-16(27)20(6-2-7-20)8-3-9-21(22,23)24)26(19(30)31-13)10-11-32-18-25-14(12-33-18)17(28)29/h4-5,12-13,15-16,27H,2-3,6-11H2,1H3,(H,28,29). The van der Waals surface area contributed by atoms with Crippen LogP contribution in [0.25, 0.3) is 0 Å². The molecular weight excluding hydrogens is 481 g/mol. The first kappa shape index (κ1) is 25.8. The number of hydrogen-bond donors (Lipinski definition) is 2. The van der Waals surface area contributed by atoms with Crippen molar-refractivity contribution >= 4 is 35.2 Å². The Kier molecular flexibility index (Phi) is 8.33. The fourth-order valence-corrected chi connectivity index (χ4v) is 6.02. The van der Waals surface area contributed by atoms with Gasteiger partial charge in [0, 0.05) is 24.1 Å².